The first-order valence-electron chi connectivity index (χ1n) is 10.6. The number of nitrogens with zero attached hydrogens (tertiary/aromatic N) is 5. The molecule has 4 aromatic rings. The Bertz CT molecular complexity index is 1230. The second-order valence-corrected chi connectivity index (χ2v) is 9.01. The van der Waals surface area contributed by atoms with E-state index in [2.05, 4.69) is 71.5 Å². The normalized spacial score (nSPS) is 12.7. The molecule has 3 N–H and O–H groups in total. The Hall–Kier alpha value is -3.52. The zero-order valence-electron chi connectivity index (χ0n) is 19.1. The molecule has 4 rings (SSSR count). The molecule has 166 valence electrons. The predicted octanol–water partition coefficient (Wildman–Crippen LogP) is 4.25. The van der Waals surface area contributed by atoms with Crippen molar-refractivity contribution >= 4 is 28.6 Å². The second-order valence-electron chi connectivity index (χ2n) is 9.01. The summed E-state index contributed by atoms with van der Waals surface area (Å²) in [6.07, 6.45) is 4.33. The van der Waals surface area contributed by atoms with Gasteiger partial charge in [0.25, 0.3) is 0 Å². The van der Waals surface area contributed by atoms with Crippen LogP contribution in [0.1, 0.15) is 43.6 Å². The lowest BCUT2D eigenvalue weighted by molar-refractivity contribution is 0.191. The fourth-order valence-electron chi connectivity index (χ4n) is 3.47. The lowest BCUT2D eigenvalue weighted by Gasteiger charge is -2.21. The molecule has 0 radical (unpaired) electrons. The number of imidazole rings is 1. The van der Waals surface area contributed by atoms with Crippen molar-refractivity contribution in [2.45, 2.75) is 39.2 Å². The number of nitrogens with one attached hydrogen (secondary N) is 2. The molecule has 0 bridgehead atoms. The molecule has 0 fully saturated rings. The Labute approximate surface area is 187 Å². The highest BCUT2D eigenvalue weighted by atomic mass is 16.3. The van der Waals surface area contributed by atoms with Crippen LogP contribution in [0, 0.1) is 6.92 Å². The van der Waals surface area contributed by atoms with E-state index in [0.717, 1.165) is 22.3 Å². The standard InChI is InChI=1S/C24H29N7O/c1-15-6-7-17(24(2,3)4)12-18(15)28-22-20-21(27-14-31(20)5)29-23(30-22)26-13-19(32)16-8-10-25-11-9-16/h6-12,14,19,32H,13H2,1-5H3,(H2,26,28,29,30). The van der Waals surface area contributed by atoms with Crippen LogP contribution in [0.4, 0.5) is 17.5 Å². The molecule has 0 saturated carbocycles. The van der Waals surface area contributed by atoms with Crippen molar-refractivity contribution in [1.82, 2.24) is 24.5 Å². The molecule has 0 aliphatic rings. The van der Waals surface area contributed by atoms with Crippen molar-refractivity contribution < 1.29 is 5.11 Å². The van der Waals surface area contributed by atoms with Gasteiger partial charge in [-0.2, -0.15) is 9.97 Å². The third-order valence-corrected chi connectivity index (χ3v) is 5.47. The average molecular weight is 432 g/mol. The van der Waals surface area contributed by atoms with Crippen molar-refractivity contribution in [2.24, 2.45) is 7.05 Å². The van der Waals surface area contributed by atoms with Crippen LogP contribution in [0.25, 0.3) is 11.2 Å². The minimum absolute atomic E-state index is 0.0352. The molecule has 1 aromatic carbocycles. The van der Waals surface area contributed by atoms with Gasteiger partial charge in [-0.1, -0.05) is 32.9 Å². The number of benzene rings is 1. The van der Waals surface area contributed by atoms with Gasteiger partial charge in [0.05, 0.1) is 12.4 Å². The van der Waals surface area contributed by atoms with E-state index in [-0.39, 0.29) is 12.0 Å². The molecule has 0 amide bonds. The molecule has 1 atom stereocenters. The molecular formula is C24H29N7O. The first kappa shape index (κ1) is 21.7. The molecule has 32 heavy (non-hydrogen) atoms. The summed E-state index contributed by atoms with van der Waals surface area (Å²) in [4.78, 5) is 17.6. The summed E-state index contributed by atoms with van der Waals surface area (Å²) < 4.78 is 1.90. The lowest BCUT2D eigenvalue weighted by Crippen LogP contribution is -2.15. The molecule has 0 saturated heterocycles. The maximum Gasteiger partial charge on any atom is 0.226 e. The number of fused-ring (bicyclic) bond motifs is 1. The molecule has 0 aliphatic heterocycles. The molecule has 8 nitrogen and oxygen atoms in total. The van der Waals surface area contributed by atoms with Gasteiger partial charge in [0, 0.05) is 31.7 Å². The van der Waals surface area contributed by atoms with Gasteiger partial charge in [0.15, 0.2) is 11.5 Å². The fourth-order valence-corrected chi connectivity index (χ4v) is 3.47. The topological polar surface area (TPSA) is 101 Å². The van der Waals surface area contributed by atoms with Gasteiger partial charge in [-0.05, 0) is 47.2 Å². The van der Waals surface area contributed by atoms with E-state index in [1.54, 1.807) is 30.9 Å². The van der Waals surface area contributed by atoms with E-state index < -0.39 is 6.10 Å². The van der Waals surface area contributed by atoms with Crippen molar-refractivity contribution in [3.63, 3.8) is 0 Å². The maximum atomic E-state index is 10.5. The van der Waals surface area contributed by atoms with Crippen LogP contribution in [0.5, 0.6) is 0 Å². The SMILES string of the molecule is Cc1ccc(C(C)(C)C)cc1Nc1nc(NCC(O)c2ccncc2)nc2ncn(C)c12. The molecule has 0 spiro atoms. The Kier molecular flexibility index (Phi) is 5.80. The Morgan fingerprint density at radius 3 is 2.56 bits per heavy atom. The zero-order chi connectivity index (χ0) is 22.9. The number of rotatable bonds is 6. The smallest absolute Gasteiger partial charge is 0.226 e. The monoisotopic (exact) mass is 431 g/mol. The fraction of sp³-hybridized carbons (Fsp3) is 0.333. The highest BCUT2D eigenvalue weighted by Gasteiger charge is 2.18. The number of hydrogen-bond acceptors (Lipinski definition) is 7. The molecular weight excluding hydrogens is 402 g/mol. The number of pyridine rings is 1. The van der Waals surface area contributed by atoms with Crippen molar-refractivity contribution in [3.8, 4) is 0 Å². The summed E-state index contributed by atoms with van der Waals surface area (Å²) in [5.41, 5.74) is 5.55. The third kappa shape index (κ3) is 4.55. The summed E-state index contributed by atoms with van der Waals surface area (Å²) in [5, 5.41) is 17.1. The largest absolute Gasteiger partial charge is 0.387 e. The van der Waals surface area contributed by atoms with Crippen LogP contribution >= 0.6 is 0 Å². The van der Waals surface area contributed by atoms with E-state index in [0.29, 0.717) is 17.4 Å². The quantitative estimate of drug-likeness (QED) is 0.419. The summed E-state index contributed by atoms with van der Waals surface area (Å²) in [7, 11) is 1.92. The van der Waals surface area contributed by atoms with Gasteiger partial charge in [-0.3, -0.25) is 4.98 Å². The number of aliphatic hydroxyl groups is 1. The lowest BCUT2D eigenvalue weighted by atomic mass is 9.86. The zero-order valence-corrected chi connectivity index (χ0v) is 19.1. The second kappa shape index (κ2) is 8.55. The van der Waals surface area contributed by atoms with Crippen LogP contribution in [-0.2, 0) is 12.5 Å². The molecule has 3 heterocycles. The predicted molar refractivity (Wildman–Crippen MR) is 127 cm³/mol. The maximum absolute atomic E-state index is 10.5. The number of aliphatic hydroxyl groups excluding tert-OH is 1. The van der Waals surface area contributed by atoms with Crippen LogP contribution < -0.4 is 10.6 Å². The third-order valence-electron chi connectivity index (χ3n) is 5.47. The van der Waals surface area contributed by atoms with E-state index in [9.17, 15) is 5.11 Å². The summed E-state index contributed by atoms with van der Waals surface area (Å²) in [6, 6.07) is 10.0. The van der Waals surface area contributed by atoms with Crippen molar-refractivity contribution in [1.29, 1.82) is 0 Å². The average Bonchev–Trinajstić information content (AvgIpc) is 3.14. The van der Waals surface area contributed by atoms with Crippen molar-refractivity contribution in [2.75, 3.05) is 17.2 Å². The van der Waals surface area contributed by atoms with Crippen LogP contribution in [0.2, 0.25) is 0 Å². The van der Waals surface area contributed by atoms with Gasteiger partial charge in [0.1, 0.15) is 5.52 Å². The first-order valence-corrected chi connectivity index (χ1v) is 10.6. The Morgan fingerprint density at radius 2 is 1.84 bits per heavy atom. The Balaban J connectivity index is 1.65. The van der Waals surface area contributed by atoms with Gasteiger partial charge in [0.2, 0.25) is 5.95 Å². The minimum Gasteiger partial charge on any atom is -0.387 e. The number of aryl methyl sites for hydroxylation is 2. The summed E-state index contributed by atoms with van der Waals surface area (Å²) >= 11 is 0. The summed E-state index contributed by atoms with van der Waals surface area (Å²) in [5.74, 6) is 1.06. The van der Waals surface area contributed by atoms with Crippen molar-refractivity contribution in [3.05, 3.63) is 65.7 Å². The van der Waals surface area contributed by atoms with Gasteiger partial charge < -0.3 is 20.3 Å². The highest BCUT2D eigenvalue weighted by molar-refractivity contribution is 5.87. The minimum atomic E-state index is -0.705. The van der Waals surface area contributed by atoms with E-state index in [1.807, 2.05) is 11.6 Å². The van der Waals surface area contributed by atoms with Gasteiger partial charge in [-0.15, -0.1) is 0 Å². The molecule has 0 aliphatic carbocycles. The van der Waals surface area contributed by atoms with E-state index in [1.165, 1.54) is 5.56 Å². The molecule has 1 unspecified atom stereocenters. The number of aromatic nitrogens is 5. The van der Waals surface area contributed by atoms with Crippen LogP contribution in [0.15, 0.2) is 49.1 Å². The highest BCUT2D eigenvalue weighted by Crippen LogP contribution is 2.30. The molecule has 8 heteroatoms. The van der Waals surface area contributed by atoms with Crippen LogP contribution in [0.3, 0.4) is 0 Å². The van der Waals surface area contributed by atoms with Gasteiger partial charge >= 0.3 is 0 Å². The Morgan fingerprint density at radius 1 is 1.09 bits per heavy atom. The van der Waals surface area contributed by atoms with Gasteiger partial charge in [-0.25, -0.2) is 4.98 Å². The van der Waals surface area contributed by atoms with E-state index in [4.69, 9.17) is 4.98 Å². The van der Waals surface area contributed by atoms with E-state index >= 15 is 0 Å². The first-order chi connectivity index (χ1) is 15.2. The number of hydrogen-bond donors (Lipinski definition) is 3. The van der Waals surface area contributed by atoms with Crippen LogP contribution in [-0.4, -0.2) is 36.2 Å². The number of anilines is 3. The summed E-state index contributed by atoms with van der Waals surface area (Å²) in [6.45, 7) is 8.92. The molecule has 3 aromatic heterocycles.